The van der Waals surface area contributed by atoms with Gasteiger partial charge >= 0.3 is 5.97 Å². The molecule has 2 heterocycles. The van der Waals surface area contributed by atoms with E-state index in [9.17, 15) is 19.5 Å². The number of pyridine rings is 1. The van der Waals surface area contributed by atoms with Crippen LogP contribution < -0.4 is 9.47 Å². The van der Waals surface area contributed by atoms with Crippen LogP contribution in [0.5, 0.6) is 11.5 Å². The number of carbonyl (C=O) groups is 3. The summed E-state index contributed by atoms with van der Waals surface area (Å²) in [6.07, 6.45) is 1.55. The van der Waals surface area contributed by atoms with Gasteiger partial charge in [-0.05, 0) is 48.9 Å². The van der Waals surface area contributed by atoms with Crippen LogP contribution in [-0.4, -0.2) is 53.5 Å². The Morgan fingerprint density at radius 1 is 1.03 bits per heavy atom. The monoisotopic (exact) mass is 502 g/mol. The fraction of sp³-hybridized carbons (Fsp3) is 0.214. The first-order valence-corrected chi connectivity index (χ1v) is 11.6. The number of aromatic nitrogens is 1. The number of likely N-dealkylation sites (tertiary alicyclic amines) is 1. The van der Waals surface area contributed by atoms with E-state index in [1.54, 1.807) is 73.8 Å². The van der Waals surface area contributed by atoms with E-state index < -0.39 is 23.7 Å². The minimum absolute atomic E-state index is 0.0471. The Kier molecular flexibility index (Phi) is 7.52. The van der Waals surface area contributed by atoms with Crippen molar-refractivity contribution in [2.75, 3.05) is 20.8 Å². The summed E-state index contributed by atoms with van der Waals surface area (Å²) in [7, 11) is 2.93. The number of methoxy groups -OCH3 is 2. The molecular weight excluding hydrogens is 476 g/mol. The van der Waals surface area contributed by atoms with Gasteiger partial charge in [-0.3, -0.25) is 14.6 Å². The van der Waals surface area contributed by atoms with Crippen molar-refractivity contribution in [3.63, 3.8) is 0 Å². The van der Waals surface area contributed by atoms with Crippen molar-refractivity contribution < 1.29 is 33.7 Å². The van der Waals surface area contributed by atoms with E-state index >= 15 is 0 Å². The molecule has 190 valence electrons. The highest BCUT2D eigenvalue weighted by Gasteiger charge is 2.47. The Hall–Kier alpha value is -4.66. The topological polar surface area (TPSA) is 115 Å². The number of hydrogen-bond donors (Lipinski definition) is 1. The Morgan fingerprint density at radius 2 is 1.78 bits per heavy atom. The van der Waals surface area contributed by atoms with Crippen LogP contribution in [0, 0.1) is 0 Å². The Balaban J connectivity index is 1.78. The van der Waals surface area contributed by atoms with E-state index in [0.717, 1.165) is 0 Å². The fourth-order valence-electron chi connectivity index (χ4n) is 4.18. The number of Topliss-reactive ketones (excluding diaryl/α,β-unsaturated/α-hetero) is 1. The molecule has 3 aromatic rings. The highest BCUT2D eigenvalue weighted by atomic mass is 16.5. The minimum atomic E-state index is -0.947. The van der Waals surface area contributed by atoms with Crippen molar-refractivity contribution in [3.05, 3.63) is 94.8 Å². The van der Waals surface area contributed by atoms with Crippen molar-refractivity contribution in [1.82, 2.24) is 9.88 Å². The van der Waals surface area contributed by atoms with Crippen LogP contribution in [0.1, 0.15) is 40.1 Å². The third kappa shape index (κ3) is 5.02. The molecule has 1 fully saturated rings. The zero-order valence-electron chi connectivity index (χ0n) is 20.6. The lowest BCUT2D eigenvalue weighted by atomic mass is 9.97. The summed E-state index contributed by atoms with van der Waals surface area (Å²) < 4.78 is 15.6. The van der Waals surface area contributed by atoms with Gasteiger partial charge in [-0.1, -0.05) is 18.2 Å². The Labute approximate surface area is 213 Å². The van der Waals surface area contributed by atoms with Gasteiger partial charge in [0.2, 0.25) is 0 Å². The molecule has 0 spiro atoms. The first-order chi connectivity index (χ1) is 17.9. The molecule has 1 aliphatic rings. The number of benzene rings is 2. The number of carbonyl (C=O) groups excluding carboxylic acids is 3. The highest BCUT2D eigenvalue weighted by molar-refractivity contribution is 6.46. The molecule has 0 bridgehead atoms. The third-order valence-corrected chi connectivity index (χ3v) is 5.99. The standard InChI is InChI=1S/C28H26N2O7/c1-4-37-28(34)18-10-8-17(9-11-18)16-30-24(21-7-5-6-14-29-21)23(26(32)27(30)33)25(31)20-13-12-19(35-2)15-22(20)36-3/h5-15,24,31H,4,16H2,1-3H3/b25-23-. The van der Waals surface area contributed by atoms with Crippen LogP contribution in [-0.2, 0) is 20.9 Å². The minimum Gasteiger partial charge on any atom is -0.507 e. The molecule has 37 heavy (non-hydrogen) atoms. The number of aliphatic hydroxyl groups is 1. The average molecular weight is 503 g/mol. The lowest BCUT2D eigenvalue weighted by molar-refractivity contribution is -0.140. The van der Waals surface area contributed by atoms with Crippen molar-refractivity contribution >= 4 is 23.4 Å². The molecule has 2 aromatic carbocycles. The summed E-state index contributed by atoms with van der Waals surface area (Å²) in [5.41, 5.74) is 1.61. The SMILES string of the molecule is CCOC(=O)c1ccc(CN2C(=O)C(=O)/C(=C(\O)c3ccc(OC)cc3OC)C2c2ccccn2)cc1. The van der Waals surface area contributed by atoms with Crippen molar-refractivity contribution in [3.8, 4) is 11.5 Å². The Bertz CT molecular complexity index is 1350. The number of ether oxygens (including phenoxy) is 3. The first-order valence-electron chi connectivity index (χ1n) is 11.6. The predicted molar refractivity (Wildman–Crippen MR) is 134 cm³/mol. The van der Waals surface area contributed by atoms with Crippen LogP contribution in [0.3, 0.4) is 0 Å². The number of nitrogens with zero attached hydrogens (tertiary/aromatic N) is 2. The summed E-state index contributed by atoms with van der Waals surface area (Å²) in [6.45, 7) is 2.03. The zero-order chi connectivity index (χ0) is 26.5. The number of esters is 1. The largest absolute Gasteiger partial charge is 0.507 e. The average Bonchev–Trinajstić information content (AvgIpc) is 3.18. The predicted octanol–water partition coefficient (Wildman–Crippen LogP) is 3.90. The van der Waals surface area contributed by atoms with Crippen LogP contribution in [0.25, 0.3) is 5.76 Å². The van der Waals surface area contributed by atoms with Crippen molar-refractivity contribution in [1.29, 1.82) is 0 Å². The molecular formula is C28H26N2O7. The molecule has 0 aliphatic carbocycles. The van der Waals surface area contributed by atoms with E-state index in [2.05, 4.69) is 4.98 Å². The molecule has 9 heteroatoms. The van der Waals surface area contributed by atoms with E-state index in [-0.39, 0.29) is 35.8 Å². The highest BCUT2D eigenvalue weighted by Crippen LogP contribution is 2.41. The van der Waals surface area contributed by atoms with Crippen molar-refractivity contribution in [2.24, 2.45) is 0 Å². The molecule has 0 radical (unpaired) electrons. The number of rotatable bonds is 8. The summed E-state index contributed by atoms with van der Waals surface area (Å²) >= 11 is 0. The molecule has 1 amide bonds. The van der Waals surface area contributed by atoms with Gasteiger partial charge in [-0.15, -0.1) is 0 Å². The number of aliphatic hydroxyl groups excluding tert-OH is 1. The molecule has 1 N–H and O–H groups in total. The van der Waals surface area contributed by atoms with Gasteiger partial charge in [0, 0.05) is 18.8 Å². The maximum Gasteiger partial charge on any atom is 0.338 e. The summed E-state index contributed by atoms with van der Waals surface area (Å²) in [4.78, 5) is 44.2. The molecule has 1 atom stereocenters. The maximum atomic E-state index is 13.3. The second-order valence-corrected chi connectivity index (χ2v) is 8.17. The first kappa shape index (κ1) is 25.4. The van der Waals surface area contributed by atoms with Gasteiger partial charge in [0.25, 0.3) is 11.7 Å². The molecule has 9 nitrogen and oxygen atoms in total. The molecule has 1 saturated heterocycles. The van der Waals surface area contributed by atoms with Gasteiger partial charge in [0.1, 0.15) is 23.3 Å². The molecule has 1 aliphatic heterocycles. The van der Waals surface area contributed by atoms with Gasteiger partial charge in [0.05, 0.1) is 43.2 Å². The number of ketones is 1. The normalized spacial score (nSPS) is 16.5. The molecule has 1 aromatic heterocycles. The van der Waals surface area contributed by atoms with E-state index in [4.69, 9.17) is 14.2 Å². The van der Waals surface area contributed by atoms with E-state index in [1.807, 2.05) is 0 Å². The molecule has 0 saturated carbocycles. The van der Waals surface area contributed by atoms with Gasteiger partial charge < -0.3 is 24.2 Å². The lowest BCUT2D eigenvalue weighted by Gasteiger charge is -2.24. The van der Waals surface area contributed by atoms with Crippen molar-refractivity contribution in [2.45, 2.75) is 19.5 Å². The molecule has 1 unspecified atom stereocenters. The van der Waals surface area contributed by atoms with Crippen LogP contribution in [0.15, 0.2) is 72.4 Å². The lowest BCUT2D eigenvalue weighted by Crippen LogP contribution is -2.29. The summed E-state index contributed by atoms with van der Waals surface area (Å²) in [6, 6.07) is 15.5. The third-order valence-electron chi connectivity index (χ3n) is 5.99. The van der Waals surface area contributed by atoms with Gasteiger partial charge in [-0.25, -0.2) is 4.79 Å². The van der Waals surface area contributed by atoms with Crippen LogP contribution in [0.4, 0.5) is 0 Å². The van der Waals surface area contributed by atoms with Crippen LogP contribution >= 0.6 is 0 Å². The number of amides is 1. The molecule has 4 rings (SSSR count). The zero-order valence-corrected chi connectivity index (χ0v) is 20.6. The second-order valence-electron chi connectivity index (χ2n) is 8.17. The maximum absolute atomic E-state index is 13.3. The second kappa shape index (κ2) is 10.9. The summed E-state index contributed by atoms with van der Waals surface area (Å²) in [5.74, 6) is -1.67. The summed E-state index contributed by atoms with van der Waals surface area (Å²) in [5, 5.41) is 11.3. The quantitative estimate of drug-likeness (QED) is 0.213. The van der Waals surface area contributed by atoms with Gasteiger partial charge in [-0.2, -0.15) is 0 Å². The smallest absolute Gasteiger partial charge is 0.338 e. The van der Waals surface area contributed by atoms with Crippen LogP contribution in [0.2, 0.25) is 0 Å². The Morgan fingerprint density at radius 3 is 2.41 bits per heavy atom. The fourth-order valence-corrected chi connectivity index (χ4v) is 4.18. The van der Waals surface area contributed by atoms with E-state index in [1.165, 1.54) is 19.1 Å². The van der Waals surface area contributed by atoms with Gasteiger partial charge in [0.15, 0.2) is 0 Å². The number of hydrogen-bond acceptors (Lipinski definition) is 8. The van der Waals surface area contributed by atoms with E-state index in [0.29, 0.717) is 22.6 Å².